The van der Waals surface area contributed by atoms with Crippen LogP contribution < -0.4 is 10.6 Å². The predicted octanol–water partition coefficient (Wildman–Crippen LogP) is 1.75. The Kier molecular flexibility index (Phi) is 6.24. The molecule has 1 aliphatic rings. The van der Waals surface area contributed by atoms with Gasteiger partial charge in [0, 0.05) is 5.56 Å². The van der Waals surface area contributed by atoms with Gasteiger partial charge in [-0.15, -0.1) is 0 Å². The average molecular weight is 633 g/mol. The molecule has 212 valence electrons. The summed E-state index contributed by atoms with van der Waals surface area (Å²) in [5, 5.41) is 5.64. The first-order valence-electron chi connectivity index (χ1n) is 10.6. The number of nitrogens with zero attached hydrogens (tertiary/aromatic N) is 1. The molecule has 7 N–H and O–H groups in total. The summed E-state index contributed by atoms with van der Waals surface area (Å²) in [6, 6.07) is 9.13. The van der Waals surface area contributed by atoms with Gasteiger partial charge in [-0.05, 0) is 29.8 Å². The number of aromatic amines is 1. The van der Waals surface area contributed by atoms with E-state index in [0.717, 1.165) is 12.1 Å². The summed E-state index contributed by atoms with van der Waals surface area (Å²) in [6.45, 7) is 0. The lowest BCUT2D eigenvalue weighted by Gasteiger charge is -2.13. The number of hydrogen-bond acceptors (Lipinski definition) is 11. The fourth-order valence-corrected chi connectivity index (χ4v) is 6.68. The number of anilines is 2. The fourth-order valence-electron chi connectivity index (χ4n) is 4.08. The van der Waals surface area contributed by atoms with E-state index in [9.17, 15) is 51.9 Å². The molecule has 3 aromatic carbocycles. The zero-order valence-corrected chi connectivity index (χ0v) is 22.6. The van der Waals surface area contributed by atoms with E-state index in [1.807, 2.05) is 0 Å². The van der Waals surface area contributed by atoms with Crippen molar-refractivity contribution in [2.24, 2.45) is 0 Å². The Morgan fingerprint density at radius 1 is 0.650 bits per heavy atom. The van der Waals surface area contributed by atoms with Crippen LogP contribution in [0.15, 0.2) is 68.1 Å². The molecule has 1 aromatic heterocycles. The number of imidazole rings is 1. The Morgan fingerprint density at radius 3 is 1.75 bits per heavy atom. The highest BCUT2D eigenvalue weighted by Gasteiger charge is 2.31. The first kappa shape index (κ1) is 27.9. The predicted molar refractivity (Wildman–Crippen MR) is 137 cm³/mol. The molecule has 0 saturated carbocycles. The summed E-state index contributed by atoms with van der Waals surface area (Å²) in [6.07, 6.45) is -0.833. The second kappa shape index (κ2) is 8.94. The average Bonchev–Trinajstić information content (AvgIpc) is 3.44. The highest BCUT2D eigenvalue weighted by molar-refractivity contribution is 7.87. The van der Waals surface area contributed by atoms with Gasteiger partial charge in [0.05, 0.1) is 26.7 Å². The minimum atomic E-state index is -4.94. The van der Waals surface area contributed by atoms with Crippen molar-refractivity contribution in [2.45, 2.75) is 25.7 Å². The highest BCUT2D eigenvalue weighted by atomic mass is 32.2. The zero-order valence-electron chi connectivity index (χ0n) is 19.3. The van der Waals surface area contributed by atoms with E-state index in [4.69, 9.17) is 0 Å². The van der Waals surface area contributed by atoms with Crippen molar-refractivity contribution in [3.8, 4) is 11.4 Å². The lowest BCUT2D eigenvalue weighted by atomic mass is 10.1. The van der Waals surface area contributed by atoms with Gasteiger partial charge in [-0.2, -0.15) is 33.7 Å². The molecular weight excluding hydrogens is 617 g/mol. The molecule has 16 nitrogen and oxygen atoms in total. The Hall–Kier alpha value is -3.63. The number of nitrogens with one attached hydrogen (secondary N) is 3. The molecule has 0 spiro atoms. The molecule has 0 fully saturated rings. The lowest BCUT2D eigenvalue weighted by molar-refractivity contribution is 0.477. The molecule has 5 rings (SSSR count). The van der Waals surface area contributed by atoms with Crippen LogP contribution in [-0.2, 0) is 40.5 Å². The van der Waals surface area contributed by atoms with Crippen LogP contribution in [0, 0.1) is 0 Å². The van der Waals surface area contributed by atoms with Crippen LogP contribution in [-0.4, -0.2) is 61.9 Å². The number of hydrogen-bond donors (Lipinski definition) is 7. The summed E-state index contributed by atoms with van der Waals surface area (Å²) in [7, 11) is -19.5. The molecule has 0 aliphatic carbocycles. The third kappa shape index (κ3) is 5.13. The molecule has 40 heavy (non-hydrogen) atoms. The van der Waals surface area contributed by atoms with E-state index < -0.39 is 66.2 Å². The van der Waals surface area contributed by atoms with Crippen LogP contribution in [0.2, 0.25) is 0 Å². The van der Waals surface area contributed by atoms with E-state index in [2.05, 4.69) is 20.6 Å². The summed E-state index contributed by atoms with van der Waals surface area (Å²) in [4.78, 5) is 3.64. The summed E-state index contributed by atoms with van der Waals surface area (Å²) in [5.74, 6) is 0.0565. The Morgan fingerprint density at radius 2 is 1.20 bits per heavy atom. The van der Waals surface area contributed by atoms with E-state index in [-0.39, 0.29) is 28.2 Å². The molecule has 1 unspecified atom stereocenters. The zero-order chi connectivity index (χ0) is 29.4. The molecule has 1 atom stereocenters. The molecule has 1 aliphatic heterocycles. The molecule has 0 radical (unpaired) electrons. The van der Waals surface area contributed by atoms with Crippen LogP contribution in [0.4, 0.5) is 11.4 Å². The first-order chi connectivity index (χ1) is 18.3. The van der Waals surface area contributed by atoms with Gasteiger partial charge in [-0.1, -0.05) is 24.3 Å². The molecule has 0 saturated heterocycles. The van der Waals surface area contributed by atoms with Gasteiger partial charge >= 0.3 is 0 Å². The summed E-state index contributed by atoms with van der Waals surface area (Å²) in [5.41, 5.74) is 0.227. The molecule has 2 heterocycles. The van der Waals surface area contributed by atoms with Crippen molar-refractivity contribution in [1.82, 2.24) is 9.97 Å². The number of H-pyrrole nitrogens is 1. The maximum absolute atomic E-state index is 11.9. The monoisotopic (exact) mass is 632 g/mol. The largest absolute Gasteiger partial charge is 0.360 e. The Labute approximate surface area is 226 Å². The summed E-state index contributed by atoms with van der Waals surface area (Å²) < 4.78 is 131. The third-order valence-electron chi connectivity index (χ3n) is 5.86. The van der Waals surface area contributed by atoms with Gasteiger partial charge in [0.25, 0.3) is 40.5 Å². The van der Waals surface area contributed by atoms with Crippen LogP contribution in [0.25, 0.3) is 22.4 Å². The molecule has 4 aromatic rings. The van der Waals surface area contributed by atoms with E-state index in [1.165, 1.54) is 24.3 Å². The van der Waals surface area contributed by atoms with Gasteiger partial charge in [-0.3, -0.25) is 18.2 Å². The van der Waals surface area contributed by atoms with Gasteiger partial charge in [0.15, 0.2) is 0 Å². The van der Waals surface area contributed by atoms with Crippen LogP contribution in [0.1, 0.15) is 11.7 Å². The molecule has 0 bridgehead atoms. The number of fused-ring (bicyclic) bond motifs is 2. The lowest BCUT2D eigenvalue weighted by Crippen LogP contribution is -2.12. The van der Waals surface area contributed by atoms with Crippen molar-refractivity contribution < 1.29 is 51.9 Å². The quantitative estimate of drug-likeness (QED) is 0.149. The van der Waals surface area contributed by atoms with Crippen molar-refractivity contribution >= 4 is 62.9 Å². The number of benzene rings is 3. The maximum Gasteiger partial charge on any atom is 0.296 e. The maximum atomic E-state index is 11.9. The van der Waals surface area contributed by atoms with Crippen LogP contribution >= 0.6 is 0 Å². The molecule has 0 amide bonds. The van der Waals surface area contributed by atoms with Crippen molar-refractivity contribution in [2.75, 3.05) is 10.6 Å². The standard InChI is InChI=1S/C20H16N4O12S4/c25-37(26,27)11-5-13-17(15(7-11)39(31,32)33)23-19(21-13)9-1-2-10(4-3-9)20-22-14-6-12(38(28,29)30)8-16(18(14)24-20)40(34,35)36/h1-8,19,21,23H,(H,22,24)(H,25,26,27)(H,28,29,30)(H,31,32,33)(H,34,35,36). The SMILES string of the molecule is O=S(=O)(O)c1cc2c(c(S(=O)(=O)O)c1)NC(c1ccc(-c3nc4c(S(=O)(=O)O)cc(S(=O)(=O)O)cc4[nH]3)cc1)N2. The Balaban J connectivity index is 1.52. The Bertz CT molecular complexity index is 2160. The van der Waals surface area contributed by atoms with Crippen LogP contribution in [0.3, 0.4) is 0 Å². The number of rotatable bonds is 6. The van der Waals surface area contributed by atoms with E-state index >= 15 is 0 Å². The highest BCUT2D eigenvalue weighted by Crippen LogP contribution is 2.42. The van der Waals surface area contributed by atoms with Crippen molar-refractivity contribution in [1.29, 1.82) is 0 Å². The molecule has 20 heteroatoms. The van der Waals surface area contributed by atoms with Gasteiger partial charge in [0.1, 0.15) is 27.3 Å². The van der Waals surface area contributed by atoms with Gasteiger partial charge in [0.2, 0.25) is 0 Å². The summed E-state index contributed by atoms with van der Waals surface area (Å²) >= 11 is 0. The van der Waals surface area contributed by atoms with Crippen molar-refractivity contribution in [3.63, 3.8) is 0 Å². The third-order valence-corrected chi connectivity index (χ3v) is 9.27. The van der Waals surface area contributed by atoms with Crippen molar-refractivity contribution in [3.05, 3.63) is 54.1 Å². The fraction of sp³-hybridized carbons (Fsp3) is 0.0500. The van der Waals surface area contributed by atoms with Crippen LogP contribution in [0.5, 0.6) is 0 Å². The van der Waals surface area contributed by atoms with E-state index in [1.54, 1.807) is 0 Å². The van der Waals surface area contributed by atoms with Gasteiger partial charge in [-0.25, -0.2) is 4.98 Å². The normalized spacial score (nSPS) is 15.9. The minimum absolute atomic E-state index is 0.0403. The van der Waals surface area contributed by atoms with Gasteiger partial charge < -0.3 is 15.6 Å². The first-order valence-corrected chi connectivity index (χ1v) is 16.3. The number of aromatic nitrogens is 2. The second-order valence-electron chi connectivity index (χ2n) is 8.49. The second-order valence-corrected chi connectivity index (χ2v) is 14.1. The van der Waals surface area contributed by atoms with E-state index in [0.29, 0.717) is 23.3 Å². The topological polar surface area (TPSA) is 270 Å². The minimum Gasteiger partial charge on any atom is -0.360 e. The molecular formula is C20H16N4O12S4. The smallest absolute Gasteiger partial charge is 0.296 e.